The molecule has 1 aromatic rings. The summed E-state index contributed by atoms with van der Waals surface area (Å²) in [6.45, 7) is 4.65. The van der Waals surface area contributed by atoms with Crippen molar-refractivity contribution >= 4 is 17.9 Å². The molecule has 2 amide bonds. The minimum atomic E-state index is -0.561. The molecule has 0 aliphatic heterocycles. The van der Waals surface area contributed by atoms with Crippen LogP contribution >= 0.6 is 0 Å². The van der Waals surface area contributed by atoms with Gasteiger partial charge in [0, 0.05) is 12.6 Å². The molecule has 0 aliphatic carbocycles. The lowest BCUT2D eigenvalue weighted by molar-refractivity contribution is -0.120. The van der Waals surface area contributed by atoms with E-state index in [1.807, 2.05) is 0 Å². The van der Waals surface area contributed by atoms with E-state index in [-0.39, 0.29) is 12.5 Å². The maximum Gasteiger partial charge on any atom is 0.255 e. The zero-order chi connectivity index (χ0) is 17.2. The van der Waals surface area contributed by atoms with E-state index in [1.54, 1.807) is 24.3 Å². The van der Waals surface area contributed by atoms with E-state index in [1.165, 1.54) is 13.2 Å². The number of carbonyl (C=O) groups excluding carboxylic acids is 2. The number of hydrogen-bond donors (Lipinski definition) is 2. The average molecular weight is 320 g/mol. The van der Waals surface area contributed by atoms with Crippen molar-refractivity contribution in [2.75, 3.05) is 20.3 Å². The third-order valence-electron chi connectivity index (χ3n) is 3.01. The molecule has 0 saturated carbocycles. The molecule has 1 rings (SSSR count). The van der Waals surface area contributed by atoms with Crippen molar-refractivity contribution in [2.45, 2.75) is 20.3 Å². The van der Waals surface area contributed by atoms with Crippen molar-refractivity contribution in [3.8, 4) is 11.5 Å². The Morgan fingerprint density at radius 1 is 1.30 bits per heavy atom. The van der Waals surface area contributed by atoms with Crippen LogP contribution in [0.3, 0.4) is 0 Å². The van der Waals surface area contributed by atoms with Gasteiger partial charge in [-0.15, -0.1) is 0 Å². The molecule has 6 heteroatoms. The van der Waals surface area contributed by atoms with E-state index in [2.05, 4.69) is 19.2 Å². The molecule has 0 heterocycles. The van der Waals surface area contributed by atoms with Gasteiger partial charge < -0.3 is 20.5 Å². The first-order valence-corrected chi connectivity index (χ1v) is 7.47. The fourth-order valence-electron chi connectivity index (χ4n) is 1.77. The maximum absolute atomic E-state index is 11.7. The van der Waals surface area contributed by atoms with Gasteiger partial charge in [-0.1, -0.05) is 19.9 Å². The van der Waals surface area contributed by atoms with Crippen LogP contribution in [-0.4, -0.2) is 32.1 Å². The second kappa shape index (κ2) is 9.50. The molecule has 0 aliphatic rings. The van der Waals surface area contributed by atoms with Gasteiger partial charge in [-0.3, -0.25) is 9.59 Å². The molecule has 6 nitrogen and oxygen atoms in total. The maximum atomic E-state index is 11.7. The zero-order valence-electron chi connectivity index (χ0n) is 13.8. The van der Waals surface area contributed by atoms with E-state index in [9.17, 15) is 9.59 Å². The largest absolute Gasteiger partial charge is 0.493 e. The van der Waals surface area contributed by atoms with Gasteiger partial charge in [0.1, 0.15) is 0 Å². The second-order valence-electron chi connectivity index (χ2n) is 5.47. The van der Waals surface area contributed by atoms with Gasteiger partial charge in [-0.25, -0.2) is 0 Å². The number of nitrogens with two attached hydrogens (primary N) is 1. The molecule has 23 heavy (non-hydrogen) atoms. The van der Waals surface area contributed by atoms with Gasteiger partial charge in [0.05, 0.1) is 7.11 Å². The number of nitrogens with one attached hydrogen (secondary N) is 1. The Balaban J connectivity index is 2.64. The lowest BCUT2D eigenvalue weighted by atomic mass is 10.1. The predicted octanol–water partition coefficient (Wildman–Crippen LogP) is 1.73. The van der Waals surface area contributed by atoms with Crippen molar-refractivity contribution in [3.63, 3.8) is 0 Å². The highest BCUT2D eigenvalue weighted by Crippen LogP contribution is 2.28. The minimum Gasteiger partial charge on any atom is -0.493 e. The van der Waals surface area contributed by atoms with Crippen molar-refractivity contribution in [2.24, 2.45) is 11.7 Å². The van der Waals surface area contributed by atoms with Crippen molar-refractivity contribution in [1.82, 2.24) is 5.32 Å². The Hall–Kier alpha value is -2.50. The van der Waals surface area contributed by atoms with Crippen LogP contribution in [0.5, 0.6) is 11.5 Å². The molecule has 0 aromatic heterocycles. The summed E-state index contributed by atoms with van der Waals surface area (Å²) in [6.07, 6.45) is 4.10. The predicted molar refractivity (Wildman–Crippen MR) is 89.2 cm³/mol. The Labute approximate surface area is 136 Å². The van der Waals surface area contributed by atoms with Crippen LogP contribution in [0.25, 0.3) is 6.08 Å². The molecular formula is C17H24N2O4. The molecule has 3 N–H and O–H groups in total. The number of benzene rings is 1. The highest BCUT2D eigenvalue weighted by atomic mass is 16.5. The molecule has 0 spiro atoms. The van der Waals surface area contributed by atoms with Crippen molar-refractivity contribution in [1.29, 1.82) is 0 Å². The lowest BCUT2D eigenvalue weighted by Gasteiger charge is -2.10. The first kappa shape index (κ1) is 18.5. The molecular weight excluding hydrogens is 296 g/mol. The lowest BCUT2D eigenvalue weighted by Crippen LogP contribution is -2.23. The van der Waals surface area contributed by atoms with Gasteiger partial charge in [-0.05, 0) is 36.1 Å². The first-order valence-electron chi connectivity index (χ1n) is 7.47. The van der Waals surface area contributed by atoms with Gasteiger partial charge >= 0.3 is 0 Å². The van der Waals surface area contributed by atoms with Crippen LogP contribution in [-0.2, 0) is 9.59 Å². The zero-order valence-corrected chi connectivity index (χ0v) is 13.8. The van der Waals surface area contributed by atoms with E-state index in [0.29, 0.717) is 24.0 Å². The molecule has 0 fully saturated rings. The number of carbonyl (C=O) groups is 2. The fourth-order valence-corrected chi connectivity index (χ4v) is 1.77. The molecule has 0 bridgehead atoms. The molecule has 126 valence electrons. The molecule has 1 aromatic carbocycles. The number of primary amides is 1. The monoisotopic (exact) mass is 320 g/mol. The van der Waals surface area contributed by atoms with E-state index < -0.39 is 5.91 Å². The topological polar surface area (TPSA) is 90.7 Å². The van der Waals surface area contributed by atoms with Gasteiger partial charge in [0.15, 0.2) is 18.1 Å². The Morgan fingerprint density at radius 3 is 2.65 bits per heavy atom. The number of hydrogen-bond acceptors (Lipinski definition) is 4. The normalized spacial score (nSPS) is 10.8. The minimum absolute atomic E-state index is 0.140. The summed E-state index contributed by atoms with van der Waals surface area (Å²) in [4.78, 5) is 22.4. The highest BCUT2D eigenvalue weighted by molar-refractivity contribution is 5.91. The van der Waals surface area contributed by atoms with Crippen LogP contribution < -0.4 is 20.5 Å². The quantitative estimate of drug-likeness (QED) is 0.678. The Bertz CT molecular complexity index is 568. The van der Waals surface area contributed by atoms with E-state index in [4.69, 9.17) is 15.2 Å². The first-order chi connectivity index (χ1) is 10.9. The Morgan fingerprint density at radius 2 is 2.04 bits per heavy atom. The number of ether oxygens (including phenoxy) is 2. The summed E-state index contributed by atoms with van der Waals surface area (Å²) < 4.78 is 10.4. The summed E-state index contributed by atoms with van der Waals surface area (Å²) in [6, 6.07) is 5.14. The molecule has 0 unspecified atom stereocenters. The summed E-state index contributed by atoms with van der Waals surface area (Å²) in [5, 5.41) is 2.82. The summed E-state index contributed by atoms with van der Waals surface area (Å²) in [5.41, 5.74) is 5.83. The average Bonchev–Trinajstić information content (AvgIpc) is 2.50. The Kier molecular flexibility index (Phi) is 7.66. The third-order valence-corrected chi connectivity index (χ3v) is 3.01. The van der Waals surface area contributed by atoms with E-state index in [0.717, 1.165) is 12.0 Å². The van der Waals surface area contributed by atoms with Crippen molar-refractivity contribution < 1.29 is 19.1 Å². The second-order valence-corrected chi connectivity index (χ2v) is 5.47. The highest BCUT2D eigenvalue weighted by Gasteiger charge is 2.06. The third kappa shape index (κ3) is 7.35. The van der Waals surface area contributed by atoms with Crippen LogP contribution in [0.2, 0.25) is 0 Å². The summed E-state index contributed by atoms with van der Waals surface area (Å²) in [5.74, 6) is 0.739. The van der Waals surface area contributed by atoms with Crippen LogP contribution in [0.4, 0.5) is 0 Å². The van der Waals surface area contributed by atoms with Crippen LogP contribution in [0.15, 0.2) is 24.3 Å². The molecule has 0 radical (unpaired) electrons. The van der Waals surface area contributed by atoms with Crippen LogP contribution in [0.1, 0.15) is 25.8 Å². The SMILES string of the molecule is COc1cc(/C=C/C(=O)NCCC(C)C)ccc1OCC(N)=O. The fraction of sp³-hybridized carbons (Fsp3) is 0.412. The van der Waals surface area contributed by atoms with Gasteiger partial charge in [0.25, 0.3) is 5.91 Å². The van der Waals surface area contributed by atoms with Crippen LogP contribution in [0, 0.1) is 5.92 Å². The summed E-state index contributed by atoms with van der Waals surface area (Å²) >= 11 is 0. The van der Waals surface area contributed by atoms with Crippen molar-refractivity contribution in [3.05, 3.63) is 29.8 Å². The van der Waals surface area contributed by atoms with E-state index >= 15 is 0 Å². The summed E-state index contributed by atoms with van der Waals surface area (Å²) in [7, 11) is 1.50. The van der Waals surface area contributed by atoms with Gasteiger partial charge in [-0.2, -0.15) is 0 Å². The standard InChI is InChI=1S/C17H24N2O4/c1-12(2)8-9-19-17(21)7-5-13-4-6-14(15(10-13)22-3)23-11-16(18)20/h4-7,10,12H,8-9,11H2,1-3H3,(H2,18,20)(H,19,21)/b7-5+. The molecule has 0 saturated heterocycles. The molecule has 0 atom stereocenters. The smallest absolute Gasteiger partial charge is 0.255 e. The number of rotatable bonds is 9. The number of methoxy groups -OCH3 is 1. The number of amides is 2. The van der Waals surface area contributed by atoms with Gasteiger partial charge in [0.2, 0.25) is 5.91 Å².